The van der Waals surface area contributed by atoms with Crippen LogP contribution in [0.1, 0.15) is 19.8 Å². The van der Waals surface area contributed by atoms with Crippen molar-refractivity contribution in [1.29, 1.82) is 0 Å². The summed E-state index contributed by atoms with van der Waals surface area (Å²) in [4.78, 5) is 23.3. The number of nitrogens with one attached hydrogen (secondary N) is 1. The van der Waals surface area contributed by atoms with Crippen LogP contribution in [0.3, 0.4) is 0 Å². The van der Waals surface area contributed by atoms with E-state index >= 15 is 0 Å². The van der Waals surface area contributed by atoms with Crippen molar-refractivity contribution in [3.05, 3.63) is 0 Å². The lowest BCUT2D eigenvalue weighted by Gasteiger charge is -2.14. The van der Waals surface area contributed by atoms with Crippen LogP contribution in [0.25, 0.3) is 0 Å². The molecule has 0 aromatic heterocycles. The number of primary amides is 1. The minimum absolute atomic E-state index is 0.0616. The molecular weight excluding hydrogens is 182 g/mol. The van der Waals surface area contributed by atoms with Crippen molar-refractivity contribution in [2.45, 2.75) is 19.8 Å². The van der Waals surface area contributed by atoms with Gasteiger partial charge in [-0.15, -0.1) is 0 Å². The third-order valence-electron chi connectivity index (χ3n) is 1.95. The number of rotatable bonds is 7. The molecule has 0 aromatic rings. The molecule has 0 radical (unpaired) electrons. The lowest BCUT2D eigenvalue weighted by molar-refractivity contribution is -0.128. The van der Waals surface area contributed by atoms with Crippen molar-refractivity contribution in [2.75, 3.05) is 26.7 Å². The molecule has 0 saturated heterocycles. The molecule has 14 heavy (non-hydrogen) atoms. The Kier molecular flexibility index (Phi) is 6.74. The van der Waals surface area contributed by atoms with E-state index in [1.807, 2.05) is 6.92 Å². The maximum absolute atomic E-state index is 11.2. The Morgan fingerprint density at radius 1 is 1.43 bits per heavy atom. The summed E-state index contributed by atoms with van der Waals surface area (Å²) in [7, 11) is 1.76. The average Bonchev–Trinajstić information content (AvgIpc) is 2.15. The van der Waals surface area contributed by atoms with E-state index in [9.17, 15) is 9.59 Å². The lowest BCUT2D eigenvalue weighted by atomic mass is 10.3. The van der Waals surface area contributed by atoms with E-state index in [-0.39, 0.29) is 11.8 Å². The third kappa shape index (κ3) is 6.42. The summed E-state index contributed by atoms with van der Waals surface area (Å²) >= 11 is 0. The Balaban J connectivity index is 3.36. The van der Waals surface area contributed by atoms with Crippen LogP contribution in [0.15, 0.2) is 0 Å². The van der Waals surface area contributed by atoms with Crippen molar-refractivity contribution in [3.63, 3.8) is 0 Å². The zero-order valence-corrected chi connectivity index (χ0v) is 8.88. The molecule has 0 rings (SSSR count). The van der Waals surface area contributed by atoms with E-state index in [4.69, 9.17) is 5.73 Å². The van der Waals surface area contributed by atoms with Crippen molar-refractivity contribution >= 4 is 11.8 Å². The van der Waals surface area contributed by atoms with Gasteiger partial charge in [-0.3, -0.25) is 9.59 Å². The highest BCUT2D eigenvalue weighted by Gasteiger charge is 2.04. The maximum atomic E-state index is 11.2. The molecule has 0 bridgehead atoms. The molecule has 0 saturated carbocycles. The first kappa shape index (κ1) is 12.9. The maximum Gasteiger partial charge on any atom is 0.236 e. The fourth-order valence-corrected chi connectivity index (χ4v) is 0.894. The summed E-state index contributed by atoms with van der Waals surface area (Å²) in [5.41, 5.74) is 4.96. The second kappa shape index (κ2) is 7.32. The Morgan fingerprint density at radius 3 is 2.57 bits per heavy atom. The van der Waals surface area contributed by atoms with Gasteiger partial charge in [-0.05, 0) is 19.9 Å². The van der Waals surface area contributed by atoms with Crippen LogP contribution in [0.2, 0.25) is 0 Å². The second-order valence-electron chi connectivity index (χ2n) is 3.15. The zero-order valence-electron chi connectivity index (χ0n) is 8.88. The topological polar surface area (TPSA) is 75.4 Å². The number of nitrogens with two attached hydrogens (primary N) is 1. The van der Waals surface area contributed by atoms with Gasteiger partial charge in [0, 0.05) is 20.0 Å². The van der Waals surface area contributed by atoms with Crippen molar-refractivity contribution < 1.29 is 9.59 Å². The molecule has 3 N–H and O–H groups in total. The predicted octanol–water partition coefficient (Wildman–Crippen LogP) is -0.680. The first-order valence-electron chi connectivity index (χ1n) is 4.81. The van der Waals surface area contributed by atoms with Gasteiger partial charge in [0.2, 0.25) is 11.8 Å². The number of carbonyl (C=O) groups is 2. The van der Waals surface area contributed by atoms with Crippen LogP contribution in [-0.2, 0) is 9.59 Å². The highest BCUT2D eigenvalue weighted by atomic mass is 16.2. The molecule has 0 atom stereocenters. The number of amides is 2. The van der Waals surface area contributed by atoms with Gasteiger partial charge in [0.25, 0.3) is 0 Å². The van der Waals surface area contributed by atoms with Crippen molar-refractivity contribution in [3.8, 4) is 0 Å². The molecule has 0 aliphatic carbocycles. The van der Waals surface area contributed by atoms with Crippen LogP contribution < -0.4 is 11.1 Å². The van der Waals surface area contributed by atoms with E-state index < -0.39 is 0 Å². The molecule has 0 aromatic carbocycles. The van der Waals surface area contributed by atoms with E-state index in [2.05, 4.69) is 5.32 Å². The Hall–Kier alpha value is -1.10. The Labute approximate surface area is 84.6 Å². The quantitative estimate of drug-likeness (QED) is 0.536. The van der Waals surface area contributed by atoms with Gasteiger partial charge >= 0.3 is 0 Å². The molecule has 0 aliphatic rings. The van der Waals surface area contributed by atoms with E-state index in [1.54, 1.807) is 11.9 Å². The average molecular weight is 201 g/mol. The number of likely N-dealkylation sites (N-methyl/N-ethyl adjacent to an activating group) is 1. The summed E-state index contributed by atoms with van der Waals surface area (Å²) < 4.78 is 0. The first-order valence-corrected chi connectivity index (χ1v) is 4.81. The molecule has 82 valence electrons. The molecule has 5 nitrogen and oxygen atoms in total. The van der Waals surface area contributed by atoms with Crippen LogP contribution in [0, 0.1) is 0 Å². The van der Waals surface area contributed by atoms with Crippen LogP contribution in [0.5, 0.6) is 0 Å². The van der Waals surface area contributed by atoms with Crippen LogP contribution in [0.4, 0.5) is 0 Å². The molecule has 2 amide bonds. The number of hydrogen-bond acceptors (Lipinski definition) is 3. The lowest BCUT2D eigenvalue weighted by Crippen LogP contribution is -2.35. The fraction of sp³-hybridized carbons (Fsp3) is 0.778. The first-order chi connectivity index (χ1) is 6.57. The summed E-state index contributed by atoms with van der Waals surface area (Å²) in [6.07, 6.45) is 1.04. The smallest absolute Gasteiger partial charge is 0.236 e. The van der Waals surface area contributed by atoms with Crippen molar-refractivity contribution in [1.82, 2.24) is 10.2 Å². The van der Waals surface area contributed by atoms with Gasteiger partial charge in [-0.1, -0.05) is 0 Å². The highest BCUT2D eigenvalue weighted by molar-refractivity contribution is 5.77. The molecule has 0 spiro atoms. The molecule has 5 heteroatoms. The van der Waals surface area contributed by atoms with E-state index in [1.165, 1.54) is 0 Å². The SMILES string of the molecule is CCN(C)C(=O)CNCCCC(N)=O. The van der Waals surface area contributed by atoms with Crippen LogP contribution in [-0.4, -0.2) is 43.4 Å². The summed E-state index contributed by atoms with van der Waals surface area (Å²) in [6.45, 7) is 3.60. The van der Waals surface area contributed by atoms with E-state index in [0.29, 0.717) is 32.5 Å². The van der Waals surface area contributed by atoms with Gasteiger partial charge in [0.15, 0.2) is 0 Å². The zero-order chi connectivity index (χ0) is 11.0. The second-order valence-corrected chi connectivity index (χ2v) is 3.15. The predicted molar refractivity (Wildman–Crippen MR) is 54.6 cm³/mol. The molecule has 0 unspecified atom stereocenters. The minimum atomic E-state index is -0.302. The highest BCUT2D eigenvalue weighted by Crippen LogP contribution is 1.85. The Morgan fingerprint density at radius 2 is 2.07 bits per heavy atom. The largest absolute Gasteiger partial charge is 0.370 e. The number of nitrogens with zero attached hydrogens (tertiary/aromatic N) is 1. The van der Waals surface area contributed by atoms with Gasteiger partial charge in [0.1, 0.15) is 0 Å². The van der Waals surface area contributed by atoms with Gasteiger partial charge in [-0.25, -0.2) is 0 Å². The van der Waals surface area contributed by atoms with Crippen molar-refractivity contribution in [2.24, 2.45) is 5.73 Å². The van der Waals surface area contributed by atoms with Crippen LogP contribution >= 0.6 is 0 Å². The number of hydrogen-bond donors (Lipinski definition) is 2. The summed E-state index contributed by atoms with van der Waals surface area (Å²) in [5, 5.41) is 2.96. The summed E-state index contributed by atoms with van der Waals surface area (Å²) in [5.74, 6) is -0.240. The minimum Gasteiger partial charge on any atom is -0.370 e. The third-order valence-corrected chi connectivity index (χ3v) is 1.95. The Bertz CT molecular complexity index is 194. The normalized spacial score (nSPS) is 9.86. The monoisotopic (exact) mass is 201 g/mol. The summed E-state index contributed by atoms with van der Waals surface area (Å²) in [6, 6.07) is 0. The van der Waals surface area contributed by atoms with Gasteiger partial charge in [-0.2, -0.15) is 0 Å². The standard InChI is InChI=1S/C9H19N3O2/c1-3-12(2)9(14)7-11-6-4-5-8(10)13/h11H,3-7H2,1-2H3,(H2,10,13). The van der Waals surface area contributed by atoms with Gasteiger partial charge < -0.3 is 16.0 Å². The number of carbonyl (C=O) groups excluding carboxylic acids is 2. The molecule has 0 aliphatic heterocycles. The molecule has 0 fully saturated rings. The molecular formula is C9H19N3O2. The fourth-order valence-electron chi connectivity index (χ4n) is 0.894. The van der Waals surface area contributed by atoms with Gasteiger partial charge in [0.05, 0.1) is 6.54 Å². The molecule has 0 heterocycles. The van der Waals surface area contributed by atoms with E-state index in [0.717, 1.165) is 0 Å².